The third kappa shape index (κ3) is 5.18. The SMILES string of the molecule is CCC(C)CC(CNC(C)C)c1ccc(F)cc1. The Morgan fingerprint density at radius 3 is 2.22 bits per heavy atom. The van der Waals surface area contributed by atoms with Gasteiger partial charge in [0.05, 0.1) is 0 Å². The number of benzene rings is 1. The summed E-state index contributed by atoms with van der Waals surface area (Å²) in [5, 5.41) is 3.49. The van der Waals surface area contributed by atoms with E-state index in [-0.39, 0.29) is 5.82 Å². The van der Waals surface area contributed by atoms with Gasteiger partial charge in [-0.2, -0.15) is 0 Å². The molecule has 1 rings (SSSR count). The Balaban J connectivity index is 2.72. The van der Waals surface area contributed by atoms with Crippen LogP contribution < -0.4 is 5.32 Å². The highest BCUT2D eigenvalue weighted by Gasteiger charge is 2.15. The first-order valence-electron chi connectivity index (χ1n) is 7.01. The van der Waals surface area contributed by atoms with Gasteiger partial charge in [0.1, 0.15) is 5.82 Å². The van der Waals surface area contributed by atoms with Crippen molar-refractivity contribution in [2.45, 2.75) is 52.5 Å². The smallest absolute Gasteiger partial charge is 0.123 e. The summed E-state index contributed by atoms with van der Waals surface area (Å²) in [6.45, 7) is 9.79. The highest BCUT2D eigenvalue weighted by Crippen LogP contribution is 2.25. The van der Waals surface area contributed by atoms with Crippen molar-refractivity contribution in [2.24, 2.45) is 5.92 Å². The molecule has 2 unspecified atom stereocenters. The lowest BCUT2D eigenvalue weighted by molar-refractivity contribution is 0.423. The van der Waals surface area contributed by atoms with Crippen molar-refractivity contribution in [3.05, 3.63) is 35.6 Å². The van der Waals surface area contributed by atoms with Crippen LogP contribution in [-0.2, 0) is 0 Å². The van der Waals surface area contributed by atoms with Crippen molar-refractivity contribution >= 4 is 0 Å². The van der Waals surface area contributed by atoms with Crippen molar-refractivity contribution in [1.82, 2.24) is 5.32 Å². The van der Waals surface area contributed by atoms with Gasteiger partial charge in [0.25, 0.3) is 0 Å². The predicted octanol–water partition coefficient (Wildman–Crippen LogP) is 4.34. The lowest BCUT2D eigenvalue weighted by Gasteiger charge is -2.22. The average molecular weight is 251 g/mol. The second kappa shape index (κ2) is 7.52. The van der Waals surface area contributed by atoms with E-state index in [9.17, 15) is 4.39 Å². The maximum atomic E-state index is 13.0. The molecule has 0 heterocycles. The number of halogens is 1. The Kier molecular flexibility index (Phi) is 6.34. The molecule has 1 aromatic rings. The average Bonchev–Trinajstić information content (AvgIpc) is 2.35. The van der Waals surface area contributed by atoms with E-state index in [0.29, 0.717) is 17.9 Å². The first-order valence-corrected chi connectivity index (χ1v) is 7.01. The van der Waals surface area contributed by atoms with Crippen molar-refractivity contribution in [3.63, 3.8) is 0 Å². The third-order valence-corrected chi connectivity index (χ3v) is 3.50. The molecule has 18 heavy (non-hydrogen) atoms. The van der Waals surface area contributed by atoms with E-state index in [0.717, 1.165) is 13.0 Å². The summed E-state index contributed by atoms with van der Waals surface area (Å²) in [5.41, 5.74) is 1.24. The van der Waals surface area contributed by atoms with E-state index in [4.69, 9.17) is 0 Å². The monoisotopic (exact) mass is 251 g/mol. The van der Waals surface area contributed by atoms with E-state index >= 15 is 0 Å². The van der Waals surface area contributed by atoms with Gasteiger partial charge >= 0.3 is 0 Å². The van der Waals surface area contributed by atoms with Crippen LogP contribution in [0.3, 0.4) is 0 Å². The highest BCUT2D eigenvalue weighted by molar-refractivity contribution is 5.21. The summed E-state index contributed by atoms with van der Waals surface area (Å²) in [6.07, 6.45) is 2.35. The molecule has 0 amide bonds. The number of hydrogen-bond donors (Lipinski definition) is 1. The van der Waals surface area contributed by atoms with Crippen molar-refractivity contribution in [2.75, 3.05) is 6.54 Å². The molecule has 0 aromatic heterocycles. The molecule has 0 saturated heterocycles. The van der Waals surface area contributed by atoms with E-state index in [1.807, 2.05) is 12.1 Å². The lowest BCUT2D eigenvalue weighted by Crippen LogP contribution is -2.28. The van der Waals surface area contributed by atoms with Crippen LogP contribution in [0.25, 0.3) is 0 Å². The van der Waals surface area contributed by atoms with Crippen LogP contribution in [0.4, 0.5) is 4.39 Å². The summed E-state index contributed by atoms with van der Waals surface area (Å²) >= 11 is 0. The minimum atomic E-state index is -0.155. The van der Waals surface area contributed by atoms with Gasteiger partial charge in [-0.3, -0.25) is 0 Å². The zero-order chi connectivity index (χ0) is 13.5. The van der Waals surface area contributed by atoms with Crippen LogP contribution in [0, 0.1) is 11.7 Å². The van der Waals surface area contributed by atoms with E-state index in [1.165, 1.54) is 12.0 Å². The second-order valence-electron chi connectivity index (χ2n) is 5.56. The third-order valence-electron chi connectivity index (χ3n) is 3.50. The summed E-state index contributed by atoms with van der Waals surface area (Å²) in [5.74, 6) is 1.02. The standard InChI is InChI=1S/C16H26FN/c1-5-13(4)10-15(11-18-12(2)3)14-6-8-16(17)9-7-14/h6-9,12-13,15,18H,5,10-11H2,1-4H3. The molecule has 0 saturated carbocycles. The van der Waals surface area contributed by atoms with Crippen molar-refractivity contribution < 1.29 is 4.39 Å². The normalized spacial score (nSPS) is 14.8. The van der Waals surface area contributed by atoms with Gasteiger partial charge in [0, 0.05) is 12.6 Å². The molecule has 0 fully saturated rings. The van der Waals surface area contributed by atoms with E-state index < -0.39 is 0 Å². The van der Waals surface area contributed by atoms with Crippen LogP contribution in [0.5, 0.6) is 0 Å². The van der Waals surface area contributed by atoms with Gasteiger partial charge < -0.3 is 5.32 Å². The molecule has 0 aliphatic carbocycles. The van der Waals surface area contributed by atoms with Crippen molar-refractivity contribution in [1.29, 1.82) is 0 Å². The summed E-state index contributed by atoms with van der Waals surface area (Å²) in [7, 11) is 0. The van der Waals surface area contributed by atoms with Gasteiger partial charge in [-0.25, -0.2) is 4.39 Å². The van der Waals surface area contributed by atoms with Crippen LogP contribution in [0.15, 0.2) is 24.3 Å². The molecule has 1 nitrogen and oxygen atoms in total. The molecule has 0 radical (unpaired) electrons. The predicted molar refractivity (Wildman–Crippen MR) is 76.4 cm³/mol. The molecular weight excluding hydrogens is 225 g/mol. The molecule has 1 N–H and O–H groups in total. The maximum absolute atomic E-state index is 13.0. The van der Waals surface area contributed by atoms with E-state index in [2.05, 4.69) is 33.0 Å². The van der Waals surface area contributed by atoms with Crippen LogP contribution in [-0.4, -0.2) is 12.6 Å². The fourth-order valence-electron chi connectivity index (χ4n) is 2.10. The number of hydrogen-bond acceptors (Lipinski definition) is 1. The molecule has 1 aromatic carbocycles. The number of nitrogens with one attached hydrogen (secondary N) is 1. The molecule has 0 aliphatic heterocycles. The fourth-order valence-corrected chi connectivity index (χ4v) is 2.10. The molecule has 102 valence electrons. The van der Waals surface area contributed by atoms with Crippen LogP contribution in [0.1, 0.15) is 52.0 Å². The Morgan fingerprint density at radius 1 is 1.11 bits per heavy atom. The fraction of sp³-hybridized carbons (Fsp3) is 0.625. The van der Waals surface area contributed by atoms with E-state index in [1.54, 1.807) is 12.1 Å². The lowest BCUT2D eigenvalue weighted by atomic mass is 9.88. The largest absolute Gasteiger partial charge is 0.314 e. The van der Waals surface area contributed by atoms with Crippen LogP contribution in [0.2, 0.25) is 0 Å². The highest BCUT2D eigenvalue weighted by atomic mass is 19.1. The van der Waals surface area contributed by atoms with Gasteiger partial charge in [-0.15, -0.1) is 0 Å². The first-order chi connectivity index (χ1) is 8.52. The van der Waals surface area contributed by atoms with Gasteiger partial charge in [-0.1, -0.05) is 46.2 Å². The van der Waals surface area contributed by atoms with Crippen molar-refractivity contribution in [3.8, 4) is 0 Å². The maximum Gasteiger partial charge on any atom is 0.123 e. The molecule has 2 atom stereocenters. The molecule has 0 aliphatic rings. The Morgan fingerprint density at radius 2 is 1.72 bits per heavy atom. The molecule has 0 bridgehead atoms. The van der Waals surface area contributed by atoms with Gasteiger partial charge in [0.15, 0.2) is 0 Å². The summed E-state index contributed by atoms with van der Waals surface area (Å²) in [4.78, 5) is 0. The number of rotatable bonds is 7. The molecule has 2 heteroatoms. The Bertz CT molecular complexity index is 331. The van der Waals surface area contributed by atoms with Crippen LogP contribution >= 0.6 is 0 Å². The summed E-state index contributed by atoms with van der Waals surface area (Å²) < 4.78 is 13.0. The van der Waals surface area contributed by atoms with Gasteiger partial charge in [0.2, 0.25) is 0 Å². The quantitative estimate of drug-likeness (QED) is 0.760. The zero-order valence-corrected chi connectivity index (χ0v) is 12.0. The minimum Gasteiger partial charge on any atom is -0.314 e. The molecule has 0 spiro atoms. The Hall–Kier alpha value is -0.890. The van der Waals surface area contributed by atoms with Gasteiger partial charge in [-0.05, 0) is 36.0 Å². The second-order valence-corrected chi connectivity index (χ2v) is 5.56. The Labute approximate surface area is 111 Å². The topological polar surface area (TPSA) is 12.0 Å². The first kappa shape index (κ1) is 15.2. The zero-order valence-electron chi connectivity index (χ0n) is 12.0. The minimum absolute atomic E-state index is 0.155. The molecular formula is C16H26FN. The summed E-state index contributed by atoms with van der Waals surface area (Å²) in [6, 6.07) is 7.46.